The maximum absolute atomic E-state index is 13.5. The van der Waals surface area contributed by atoms with Crippen molar-refractivity contribution in [1.82, 2.24) is 10.2 Å². The van der Waals surface area contributed by atoms with Crippen molar-refractivity contribution in [3.05, 3.63) is 112 Å². The molecular weight excluding hydrogens is 523 g/mol. The van der Waals surface area contributed by atoms with Gasteiger partial charge in [-0.25, -0.2) is 4.39 Å². The Morgan fingerprint density at radius 2 is 1.61 bits per heavy atom. The summed E-state index contributed by atoms with van der Waals surface area (Å²) in [7, 11) is 1.55. The number of nitrogens with zero attached hydrogens (tertiary/aromatic N) is 1. The van der Waals surface area contributed by atoms with Gasteiger partial charge in [-0.1, -0.05) is 72.8 Å². The summed E-state index contributed by atoms with van der Waals surface area (Å²) in [5.74, 6) is -0.485. The minimum absolute atomic E-state index is 0.131. The number of hydrogen-bond donors (Lipinski definition) is 1. The van der Waals surface area contributed by atoms with Gasteiger partial charge in [0.2, 0.25) is 5.91 Å². The van der Waals surface area contributed by atoms with E-state index in [1.165, 1.54) is 17.0 Å². The Labute approximate surface area is 218 Å². The molecule has 0 unspecified atom stereocenters. The fourth-order valence-corrected chi connectivity index (χ4v) is 4.66. The minimum atomic E-state index is -0.779. The van der Waals surface area contributed by atoms with Crippen molar-refractivity contribution in [2.45, 2.75) is 19.0 Å². The zero-order chi connectivity index (χ0) is 25.5. The molecule has 5 nitrogen and oxygen atoms in total. The Kier molecular flexibility index (Phi) is 8.33. The molecule has 1 atom stereocenters. The van der Waals surface area contributed by atoms with E-state index in [0.717, 1.165) is 20.8 Å². The highest BCUT2D eigenvalue weighted by Crippen LogP contribution is 2.33. The van der Waals surface area contributed by atoms with Crippen molar-refractivity contribution in [3.8, 4) is 5.75 Å². The number of fused-ring (bicyclic) bond motifs is 1. The molecule has 0 aliphatic rings. The number of carbonyl (C=O) groups excluding carboxylic acids is 2. The van der Waals surface area contributed by atoms with Crippen LogP contribution in [0.3, 0.4) is 0 Å². The lowest BCUT2D eigenvalue weighted by Crippen LogP contribution is -2.51. The number of nitrogens with one attached hydrogen (secondary N) is 1. The largest absolute Gasteiger partial charge is 0.483 e. The maximum Gasteiger partial charge on any atom is 0.261 e. The van der Waals surface area contributed by atoms with Crippen molar-refractivity contribution >= 4 is 38.5 Å². The second-order valence-corrected chi connectivity index (χ2v) is 9.15. The number of hydrogen-bond acceptors (Lipinski definition) is 3. The van der Waals surface area contributed by atoms with Gasteiger partial charge in [0.25, 0.3) is 5.91 Å². The molecule has 0 heterocycles. The molecule has 0 aliphatic heterocycles. The highest BCUT2D eigenvalue weighted by atomic mass is 79.9. The highest BCUT2D eigenvalue weighted by molar-refractivity contribution is 9.10. The third kappa shape index (κ3) is 6.10. The second kappa shape index (κ2) is 11.8. The maximum atomic E-state index is 13.5. The van der Waals surface area contributed by atoms with Crippen LogP contribution in [0.25, 0.3) is 10.8 Å². The summed E-state index contributed by atoms with van der Waals surface area (Å²) < 4.78 is 20.2. The van der Waals surface area contributed by atoms with E-state index in [9.17, 15) is 14.0 Å². The van der Waals surface area contributed by atoms with Crippen LogP contribution in [0.1, 0.15) is 11.1 Å². The van der Waals surface area contributed by atoms with E-state index in [-0.39, 0.29) is 30.8 Å². The molecule has 0 spiro atoms. The van der Waals surface area contributed by atoms with E-state index in [4.69, 9.17) is 4.74 Å². The van der Waals surface area contributed by atoms with Gasteiger partial charge < -0.3 is 15.0 Å². The molecular formula is C29H26BrFN2O3. The normalized spacial score (nSPS) is 11.6. The third-order valence-electron chi connectivity index (χ3n) is 5.96. The van der Waals surface area contributed by atoms with Crippen LogP contribution in [0.2, 0.25) is 0 Å². The summed E-state index contributed by atoms with van der Waals surface area (Å²) in [5.41, 5.74) is 1.62. The first-order valence-electron chi connectivity index (χ1n) is 11.6. The number of likely N-dealkylation sites (N-methyl/N-ethyl adjacent to an activating group) is 1. The van der Waals surface area contributed by atoms with Gasteiger partial charge in [-0.15, -0.1) is 0 Å². The van der Waals surface area contributed by atoms with Crippen LogP contribution in [-0.2, 0) is 22.6 Å². The van der Waals surface area contributed by atoms with Gasteiger partial charge >= 0.3 is 0 Å². The van der Waals surface area contributed by atoms with E-state index in [1.807, 2.05) is 66.7 Å². The summed E-state index contributed by atoms with van der Waals surface area (Å²) >= 11 is 3.59. The van der Waals surface area contributed by atoms with Crippen LogP contribution in [0, 0.1) is 5.82 Å². The van der Waals surface area contributed by atoms with Crippen molar-refractivity contribution in [2.75, 3.05) is 13.7 Å². The van der Waals surface area contributed by atoms with Crippen molar-refractivity contribution in [2.24, 2.45) is 0 Å². The minimum Gasteiger partial charge on any atom is -0.483 e. The van der Waals surface area contributed by atoms with Crippen molar-refractivity contribution < 1.29 is 18.7 Å². The Morgan fingerprint density at radius 1 is 0.917 bits per heavy atom. The van der Waals surface area contributed by atoms with E-state index < -0.39 is 6.04 Å². The smallest absolute Gasteiger partial charge is 0.261 e. The Balaban J connectivity index is 1.61. The number of halogens is 2. The molecule has 0 fully saturated rings. The Hall–Kier alpha value is -3.71. The Bertz CT molecular complexity index is 1350. The molecule has 0 radical (unpaired) electrons. The van der Waals surface area contributed by atoms with Gasteiger partial charge in [0.1, 0.15) is 17.6 Å². The molecule has 0 bridgehead atoms. The monoisotopic (exact) mass is 548 g/mol. The van der Waals surface area contributed by atoms with Gasteiger partial charge in [0.15, 0.2) is 6.61 Å². The Morgan fingerprint density at radius 3 is 2.33 bits per heavy atom. The molecule has 1 N–H and O–H groups in total. The average Bonchev–Trinajstić information content (AvgIpc) is 2.91. The first-order chi connectivity index (χ1) is 17.5. The molecule has 4 rings (SSSR count). The predicted molar refractivity (Wildman–Crippen MR) is 142 cm³/mol. The van der Waals surface area contributed by atoms with Crippen LogP contribution >= 0.6 is 15.9 Å². The summed E-state index contributed by atoms with van der Waals surface area (Å²) in [5, 5.41) is 4.69. The fourth-order valence-electron chi connectivity index (χ4n) is 4.05. The quantitative estimate of drug-likeness (QED) is 0.300. The lowest BCUT2D eigenvalue weighted by molar-refractivity contribution is -0.142. The summed E-state index contributed by atoms with van der Waals surface area (Å²) in [6, 6.07) is 26.2. The van der Waals surface area contributed by atoms with Crippen molar-refractivity contribution in [3.63, 3.8) is 0 Å². The fraction of sp³-hybridized carbons (Fsp3) is 0.172. The van der Waals surface area contributed by atoms with E-state index in [1.54, 1.807) is 19.2 Å². The first-order valence-corrected chi connectivity index (χ1v) is 12.3. The van der Waals surface area contributed by atoms with E-state index >= 15 is 0 Å². The lowest BCUT2D eigenvalue weighted by atomic mass is 10.0. The van der Waals surface area contributed by atoms with Crippen LogP contribution in [-0.4, -0.2) is 36.4 Å². The summed E-state index contributed by atoms with van der Waals surface area (Å²) in [6.07, 6.45) is 0.327. The standard InChI is InChI=1S/C29H26BrFN2O3/c1-32-29(35)25(17-20-7-3-2-4-8-20)33(18-21-11-14-23(31)15-12-21)27(34)19-36-26-16-13-22-9-5-6-10-24(22)28(26)30/h2-16,25H,17-19H2,1H3,(H,32,35)/t25-/m0/s1. The van der Waals surface area contributed by atoms with Crippen LogP contribution < -0.4 is 10.1 Å². The third-order valence-corrected chi connectivity index (χ3v) is 6.78. The van der Waals surface area contributed by atoms with Crippen LogP contribution in [0.5, 0.6) is 5.75 Å². The van der Waals surface area contributed by atoms with Gasteiger partial charge in [0.05, 0.1) is 4.47 Å². The molecule has 0 saturated heterocycles. The molecule has 184 valence electrons. The molecule has 0 saturated carbocycles. The van der Waals surface area contributed by atoms with Gasteiger partial charge in [-0.2, -0.15) is 0 Å². The molecule has 4 aromatic rings. The molecule has 0 aromatic heterocycles. The molecule has 36 heavy (non-hydrogen) atoms. The lowest BCUT2D eigenvalue weighted by Gasteiger charge is -2.31. The number of ether oxygens (including phenoxy) is 1. The molecule has 2 amide bonds. The van der Waals surface area contributed by atoms with Gasteiger partial charge in [-0.3, -0.25) is 9.59 Å². The van der Waals surface area contributed by atoms with Crippen molar-refractivity contribution in [1.29, 1.82) is 0 Å². The molecule has 4 aromatic carbocycles. The van der Waals surface area contributed by atoms with E-state index in [2.05, 4.69) is 21.2 Å². The number of rotatable bonds is 9. The zero-order valence-electron chi connectivity index (χ0n) is 19.8. The summed E-state index contributed by atoms with van der Waals surface area (Å²) in [4.78, 5) is 28.0. The number of carbonyl (C=O) groups is 2. The highest BCUT2D eigenvalue weighted by Gasteiger charge is 2.30. The summed E-state index contributed by atoms with van der Waals surface area (Å²) in [6.45, 7) is -0.132. The SMILES string of the molecule is CNC(=O)[C@H](Cc1ccccc1)N(Cc1ccc(F)cc1)C(=O)COc1ccc2ccccc2c1Br. The zero-order valence-corrected chi connectivity index (χ0v) is 21.4. The van der Waals surface area contributed by atoms with Crippen LogP contribution in [0.15, 0.2) is 95.5 Å². The number of amides is 2. The predicted octanol–water partition coefficient (Wildman–Crippen LogP) is 5.51. The second-order valence-electron chi connectivity index (χ2n) is 8.36. The van der Waals surface area contributed by atoms with Gasteiger partial charge in [0, 0.05) is 20.0 Å². The van der Waals surface area contributed by atoms with E-state index in [0.29, 0.717) is 17.7 Å². The van der Waals surface area contributed by atoms with Gasteiger partial charge in [-0.05, 0) is 56.0 Å². The molecule has 0 aliphatic carbocycles. The first kappa shape index (κ1) is 25.4. The number of benzene rings is 4. The van der Waals surface area contributed by atoms with Crippen LogP contribution in [0.4, 0.5) is 4.39 Å². The topological polar surface area (TPSA) is 58.6 Å². The average molecular weight is 549 g/mol. The molecule has 7 heteroatoms.